The van der Waals surface area contributed by atoms with Crippen molar-refractivity contribution in [2.75, 3.05) is 11.9 Å². The van der Waals surface area contributed by atoms with Crippen molar-refractivity contribution in [2.45, 2.75) is 6.18 Å². The molecule has 0 fully saturated rings. The molecule has 0 heterocycles. The molecule has 0 spiro atoms. The predicted octanol–water partition coefficient (Wildman–Crippen LogP) is 3.56. The van der Waals surface area contributed by atoms with E-state index in [0.717, 1.165) is 29.2 Å². The Morgan fingerprint density at radius 1 is 1.00 bits per heavy atom. The zero-order valence-corrected chi connectivity index (χ0v) is 14.0. The maximum atomic E-state index is 12.6. The number of nitriles is 2. The molecule has 0 N–H and O–H groups in total. The number of ketones is 1. The highest BCUT2D eigenvalue weighted by Gasteiger charge is 2.32. The van der Waals surface area contributed by atoms with Crippen LogP contribution >= 0.6 is 0 Å². The summed E-state index contributed by atoms with van der Waals surface area (Å²) in [7, 11) is 1.27. The quantitative estimate of drug-likeness (QED) is 0.608. The number of Topliss-reactive ketones (excluding diaryl/α,β-unsaturated/α-hetero) is 1. The molecule has 0 aromatic heterocycles. The van der Waals surface area contributed by atoms with E-state index in [-0.39, 0.29) is 11.3 Å². The maximum absolute atomic E-state index is 12.6. The van der Waals surface area contributed by atoms with Crippen LogP contribution in [-0.4, -0.2) is 18.7 Å². The third-order valence-corrected chi connectivity index (χ3v) is 3.85. The molecule has 0 aliphatic carbocycles. The number of carbonyl (C=O) groups is 2. The number of alkyl halides is 3. The summed E-state index contributed by atoms with van der Waals surface area (Å²) in [5.41, 5.74) is -0.374. The van der Waals surface area contributed by atoms with Gasteiger partial charge in [-0.3, -0.25) is 9.59 Å². The minimum Gasteiger partial charge on any atom is -0.314 e. The third-order valence-electron chi connectivity index (χ3n) is 3.85. The van der Waals surface area contributed by atoms with Crippen molar-refractivity contribution >= 4 is 17.4 Å². The molecule has 0 aliphatic heterocycles. The molecule has 0 aliphatic rings. The molecule has 5 nitrogen and oxygen atoms in total. The zero-order chi connectivity index (χ0) is 20.2. The van der Waals surface area contributed by atoms with Gasteiger partial charge in [-0.15, -0.1) is 0 Å². The van der Waals surface area contributed by atoms with Crippen LogP contribution in [0.25, 0.3) is 0 Å². The molecule has 0 saturated heterocycles. The molecule has 8 heteroatoms. The van der Waals surface area contributed by atoms with Gasteiger partial charge in [0, 0.05) is 18.3 Å². The van der Waals surface area contributed by atoms with Gasteiger partial charge in [0.15, 0.2) is 11.7 Å². The van der Waals surface area contributed by atoms with E-state index in [4.69, 9.17) is 5.26 Å². The third kappa shape index (κ3) is 4.31. The highest BCUT2D eigenvalue weighted by atomic mass is 19.4. The normalized spacial score (nSPS) is 11.8. The standard InChI is InChI=1S/C19H12F3N3O2/c1-25(15-8-6-14(7-9-15)19(20,21)22)18(27)16(11-24)17(26)13-4-2-12(10-23)3-5-13/h2-9,16H,1H3. The van der Waals surface area contributed by atoms with Crippen LogP contribution in [0.15, 0.2) is 48.5 Å². The van der Waals surface area contributed by atoms with E-state index in [1.807, 2.05) is 6.07 Å². The lowest BCUT2D eigenvalue weighted by molar-refractivity contribution is -0.137. The Kier molecular flexibility index (Phi) is 5.62. The number of halogens is 3. The first kappa shape index (κ1) is 19.7. The van der Waals surface area contributed by atoms with Crippen LogP contribution in [0.2, 0.25) is 0 Å². The van der Waals surface area contributed by atoms with Gasteiger partial charge in [0.1, 0.15) is 0 Å². The second-order valence-electron chi connectivity index (χ2n) is 5.56. The number of carbonyl (C=O) groups excluding carboxylic acids is 2. The van der Waals surface area contributed by atoms with Crippen LogP contribution in [0.3, 0.4) is 0 Å². The molecular weight excluding hydrogens is 359 g/mol. The summed E-state index contributed by atoms with van der Waals surface area (Å²) in [6.45, 7) is 0. The summed E-state index contributed by atoms with van der Waals surface area (Å²) in [5, 5.41) is 18.0. The Morgan fingerprint density at radius 3 is 2.00 bits per heavy atom. The Balaban J connectivity index is 2.23. The molecule has 136 valence electrons. The minimum atomic E-state index is -4.51. The number of hydrogen-bond donors (Lipinski definition) is 0. The van der Waals surface area contributed by atoms with Crippen molar-refractivity contribution in [2.24, 2.45) is 5.92 Å². The number of anilines is 1. The minimum absolute atomic E-state index is 0.0784. The predicted molar refractivity (Wildman–Crippen MR) is 89.4 cm³/mol. The number of benzene rings is 2. The Morgan fingerprint density at radius 2 is 1.56 bits per heavy atom. The van der Waals surface area contributed by atoms with Crippen molar-refractivity contribution in [3.8, 4) is 12.1 Å². The smallest absolute Gasteiger partial charge is 0.314 e. The van der Waals surface area contributed by atoms with E-state index in [1.165, 1.54) is 31.3 Å². The molecule has 0 bridgehead atoms. The van der Waals surface area contributed by atoms with E-state index in [0.29, 0.717) is 5.56 Å². The molecule has 2 aromatic rings. The van der Waals surface area contributed by atoms with Gasteiger partial charge in [0.25, 0.3) is 5.91 Å². The van der Waals surface area contributed by atoms with Crippen molar-refractivity contribution in [1.82, 2.24) is 0 Å². The molecule has 2 rings (SSSR count). The highest BCUT2D eigenvalue weighted by Crippen LogP contribution is 2.30. The van der Waals surface area contributed by atoms with Gasteiger partial charge in [0.05, 0.1) is 23.3 Å². The lowest BCUT2D eigenvalue weighted by Crippen LogP contribution is -2.36. The fourth-order valence-corrected chi connectivity index (χ4v) is 2.30. The Bertz CT molecular complexity index is 937. The first-order chi connectivity index (χ1) is 12.7. The fraction of sp³-hybridized carbons (Fsp3) is 0.158. The zero-order valence-electron chi connectivity index (χ0n) is 14.0. The first-order valence-corrected chi connectivity index (χ1v) is 7.58. The lowest BCUT2D eigenvalue weighted by Gasteiger charge is -2.20. The van der Waals surface area contributed by atoms with Gasteiger partial charge >= 0.3 is 6.18 Å². The van der Waals surface area contributed by atoms with Crippen molar-refractivity contribution in [3.63, 3.8) is 0 Å². The number of hydrogen-bond acceptors (Lipinski definition) is 4. The van der Waals surface area contributed by atoms with Gasteiger partial charge < -0.3 is 4.90 Å². The molecule has 1 atom stereocenters. The second kappa shape index (κ2) is 7.71. The number of nitrogens with zero attached hydrogens (tertiary/aromatic N) is 3. The van der Waals surface area contributed by atoms with Crippen molar-refractivity contribution in [3.05, 3.63) is 65.2 Å². The summed E-state index contributed by atoms with van der Waals surface area (Å²) in [6, 6.07) is 12.7. The number of rotatable bonds is 4. The van der Waals surface area contributed by atoms with Gasteiger partial charge in [-0.1, -0.05) is 12.1 Å². The highest BCUT2D eigenvalue weighted by molar-refractivity contribution is 6.16. The molecule has 0 radical (unpaired) electrons. The summed E-state index contributed by atoms with van der Waals surface area (Å²) in [6.07, 6.45) is -4.51. The molecule has 1 amide bonds. The van der Waals surface area contributed by atoms with Crippen molar-refractivity contribution < 1.29 is 22.8 Å². The molecule has 27 heavy (non-hydrogen) atoms. The number of amides is 1. The van der Waals surface area contributed by atoms with Crippen LogP contribution in [-0.2, 0) is 11.0 Å². The summed E-state index contributed by atoms with van der Waals surface area (Å²) < 4.78 is 37.9. The largest absolute Gasteiger partial charge is 0.416 e. The molecule has 2 aromatic carbocycles. The van der Waals surface area contributed by atoms with Crippen LogP contribution in [0.1, 0.15) is 21.5 Å². The second-order valence-corrected chi connectivity index (χ2v) is 5.56. The lowest BCUT2D eigenvalue weighted by atomic mass is 9.96. The fourth-order valence-electron chi connectivity index (χ4n) is 2.30. The van der Waals surface area contributed by atoms with Gasteiger partial charge in [-0.05, 0) is 36.4 Å². The van der Waals surface area contributed by atoms with E-state index >= 15 is 0 Å². The average Bonchev–Trinajstić information content (AvgIpc) is 2.67. The summed E-state index contributed by atoms with van der Waals surface area (Å²) in [4.78, 5) is 25.9. The van der Waals surface area contributed by atoms with E-state index < -0.39 is 29.3 Å². The molecule has 1 unspecified atom stereocenters. The molecule has 0 saturated carbocycles. The van der Waals surface area contributed by atoms with Crippen LogP contribution in [0.5, 0.6) is 0 Å². The van der Waals surface area contributed by atoms with Crippen LogP contribution in [0, 0.1) is 28.6 Å². The van der Waals surface area contributed by atoms with Crippen LogP contribution < -0.4 is 4.90 Å². The Hall–Kier alpha value is -3.65. The first-order valence-electron chi connectivity index (χ1n) is 7.58. The van der Waals surface area contributed by atoms with E-state index in [9.17, 15) is 28.0 Å². The SMILES string of the molecule is CN(C(=O)C(C#N)C(=O)c1ccc(C#N)cc1)c1ccc(C(F)(F)F)cc1. The van der Waals surface area contributed by atoms with Crippen molar-refractivity contribution in [1.29, 1.82) is 10.5 Å². The van der Waals surface area contributed by atoms with Gasteiger partial charge in [0.2, 0.25) is 0 Å². The van der Waals surface area contributed by atoms with E-state index in [1.54, 1.807) is 6.07 Å². The summed E-state index contributed by atoms with van der Waals surface area (Å²) in [5.74, 6) is -3.29. The van der Waals surface area contributed by atoms with Gasteiger partial charge in [-0.2, -0.15) is 23.7 Å². The monoisotopic (exact) mass is 371 g/mol. The summed E-state index contributed by atoms with van der Waals surface area (Å²) >= 11 is 0. The van der Waals surface area contributed by atoms with Crippen LogP contribution in [0.4, 0.5) is 18.9 Å². The van der Waals surface area contributed by atoms with E-state index in [2.05, 4.69) is 0 Å². The maximum Gasteiger partial charge on any atom is 0.416 e. The topological polar surface area (TPSA) is 85.0 Å². The molecular formula is C19H12F3N3O2. The van der Waals surface area contributed by atoms with Gasteiger partial charge in [-0.25, -0.2) is 0 Å². The Labute approximate surface area is 152 Å². The average molecular weight is 371 g/mol.